The van der Waals surface area contributed by atoms with Crippen molar-refractivity contribution in [3.8, 4) is 5.75 Å². The van der Waals surface area contributed by atoms with Gasteiger partial charge in [-0.15, -0.1) is 11.3 Å². The summed E-state index contributed by atoms with van der Waals surface area (Å²) in [5.41, 5.74) is 0.521. The first-order chi connectivity index (χ1) is 10.2. The number of carbonyl (C=O) groups excluding carboxylic acids is 1. The quantitative estimate of drug-likeness (QED) is 0.862. The van der Waals surface area contributed by atoms with Crippen LogP contribution in [0.5, 0.6) is 5.75 Å². The number of aliphatic hydroxyl groups excluding tert-OH is 1. The molecule has 0 saturated heterocycles. The second-order valence-electron chi connectivity index (χ2n) is 4.66. The number of rotatable bonds is 6. The molecular weight excluding hydrogens is 286 g/mol. The molecule has 0 spiro atoms. The largest absolute Gasteiger partial charge is 0.497 e. The molecule has 0 aliphatic heterocycles. The predicted molar refractivity (Wildman–Crippen MR) is 83.4 cm³/mol. The molecule has 0 fully saturated rings. The Hall–Kier alpha value is -1.85. The number of ether oxygens (including phenoxy) is 1. The average Bonchev–Trinajstić information content (AvgIpc) is 3.05. The van der Waals surface area contributed by atoms with Gasteiger partial charge in [0.25, 0.3) is 5.91 Å². The molecule has 5 heteroatoms. The Bertz CT molecular complexity index is 583. The molecule has 2 rings (SSSR count). The van der Waals surface area contributed by atoms with Gasteiger partial charge in [0.15, 0.2) is 6.10 Å². The number of amides is 1. The van der Waals surface area contributed by atoms with Crippen molar-refractivity contribution in [2.24, 2.45) is 0 Å². The van der Waals surface area contributed by atoms with Crippen molar-refractivity contribution in [2.75, 3.05) is 7.11 Å². The van der Waals surface area contributed by atoms with E-state index in [2.05, 4.69) is 5.32 Å². The second kappa shape index (κ2) is 7.24. The molecule has 4 nitrogen and oxygen atoms in total. The van der Waals surface area contributed by atoms with E-state index >= 15 is 0 Å². The number of thiophene rings is 1. The van der Waals surface area contributed by atoms with Gasteiger partial charge in [-0.2, -0.15) is 0 Å². The Balaban J connectivity index is 2.08. The summed E-state index contributed by atoms with van der Waals surface area (Å²) in [6.07, 6.45) is -0.425. The second-order valence-corrected chi connectivity index (χ2v) is 5.64. The summed E-state index contributed by atoms with van der Waals surface area (Å²) in [7, 11) is 1.55. The topological polar surface area (TPSA) is 58.6 Å². The Morgan fingerprint density at radius 1 is 1.38 bits per heavy atom. The van der Waals surface area contributed by atoms with E-state index < -0.39 is 12.0 Å². The minimum absolute atomic E-state index is 0.0715. The van der Waals surface area contributed by atoms with E-state index in [9.17, 15) is 9.90 Å². The van der Waals surface area contributed by atoms with Crippen LogP contribution in [0.1, 0.15) is 35.9 Å². The molecule has 0 bridgehead atoms. The number of nitrogens with one attached hydrogen (secondary N) is 1. The molecule has 21 heavy (non-hydrogen) atoms. The van der Waals surface area contributed by atoms with E-state index in [-0.39, 0.29) is 6.04 Å². The number of carbonyl (C=O) groups is 1. The van der Waals surface area contributed by atoms with E-state index in [1.807, 2.05) is 24.4 Å². The molecule has 2 aromatic rings. The smallest absolute Gasteiger partial charge is 0.253 e. The van der Waals surface area contributed by atoms with Gasteiger partial charge in [0.1, 0.15) is 5.75 Å². The summed E-state index contributed by atoms with van der Waals surface area (Å²) in [6.45, 7) is 2.00. The number of methoxy groups -OCH3 is 1. The minimum atomic E-state index is -1.20. The molecule has 0 aliphatic carbocycles. The van der Waals surface area contributed by atoms with Crippen molar-refractivity contribution in [3.05, 3.63) is 52.2 Å². The maximum atomic E-state index is 12.2. The molecule has 1 aromatic heterocycles. The third kappa shape index (κ3) is 3.83. The molecule has 1 amide bonds. The number of hydrogen-bond donors (Lipinski definition) is 2. The van der Waals surface area contributed by atoms with Crippen molar-refractivity contribution < 1.29 is 14.6 Å². The molecule has 0 saturated carbocycles. The highest BCUT2D eigenvalue weighted by Crippen LogP contribution is 2.24. The van der Waals surface area contributed by atoms with Crippen LogP contribution in [0.2, 0.25) is 0 Å². The third-order valence-corrected chi connectivity index (χ3v) is 4.26. The van der Waals surface area contributed by atoms with E-state index in [0.29, 0.717) is 11.3 Å². The lowest BCUT2D eigenvalue weighted by Gasteiger charge is -2.18. The minimum Gasteiger partial charge on any atom is -0.497 e. The highest BCUT2D eigenvalue weighted by atomic mass is 32.1. The Kier molecular flexibility index (Phi) is 5.36. The molecule has 0 radical (unpaired) electrons. The highest BCUT2D eigenvalue weighted by Gasteiger charge is 2.21. The van der Waals surface area contributed by atoms with E-state index in [1.165, 1.54) is 0 Å². The Labute approximate surface area is 128 Å². The van der Waals surface area contributed by atoms with Crippen molar-refractivity contribution in [1.82, 2.24) is 5.32 Å². The van der Waals surface area contributed by atoms with Crippen molar-refractivity contribution in [1.29, 1.82) is 0 Å². The molecule has 1 heterocycles. The van der Waals surface area contributed by atoms with Crippen LogP contribution in [0.3, 0.4) is 0 Å². The third-order valence-electron chi connectivity index (χ3n) is 3.27. The Morgan fingerprint density at radius 3 is 2.81 bits per heavy atom. The molecule has 0 aliphatic rings. The summed E-state index contributed by atoms with van der Waals surface area (Å²) in [5.74, 6) is 0.216. The van der Waals surface area contributed by atoms with Crippen LogP contribution in [0.25, 0.3) is 0 Å². The van der Waals surface area contributed by atoms with E-state index in [4.69, 9.17) is 4.74 Å². The van der Waals surface area contributed by atoms with Crippen molar-refractivity contribution in [2.45, 2.75) is 25.5 Å². The van der Waals surface area contributed by atoms with E-state index in [1.54, 1.807) is 42.7 Å². The SMILES string of the molecule is CCC(NC(=O)C(O)c1cccc(OC)c1)c1cccs1. The zero-order valence-corrected chi connectivity index (χ0v) is 12.9. The van der Waals surface area contributed by atoms with E-state index in [0.717, 1.165) is 11.3 Å². The van der Waals surface area contributed by atoms with Gasteiger partial charge in [0.05, 0.1) is 13.2 Å². The van der Waals surface area contributed by atoms with Gasteiger partial charge in [0, 0.05) is 4.88 Å². The highest BCUT2D eigenvalue weighted by molar-refractivity contribution is 7.10. The molecule has 1 aromatic carbocycles. The lowest BCUT2D eigenvalue weighted by Crippen LogP contribution is -2.32. The number of benzene rings is 1. The fraction of sp³-hybridized carbons (Fsp3) is 0.312. The molecule has 2 atom stereocenters. The van der Waals surface area contributed by atoms with Crippen LogP contribution in [0.4, 0.5) is 0 Å². The van der Waals surface area contributed by atoms with Crippen LogP contribution in [-0.2, 0) is 4.79 Å². The summed E-state index contributed by atoms with van der Waals surface area (Å²) in [5, 5.41) is 15.0. The van der Waals surface area contributed by atoms with Crippen LogP contribution in [-0.4, -0.2) is 18.1 Å². The summed E-state index contributed by atoms with van der Waals surface area (Å²) < 4.78 is 5.10. The van der Waals surface area contributed by atoms with Gasteiger partial charge in [0.2, 0.25) is 0 Å². The van der Waals surface area contributed by atoms with Crippen LogP contribution < -0.4 is 10.1 Å². The lowest BCUT2D eigenvalue weighted by molar-refractivity contribution is -0.130. The number of aliphatic hydroxyl groups is 1. The Morgan fingerprint density at radius 2 is 2.19 bits per heavy atom. The number of hydrogen-bond acceptors (Lipinski definition) is 4. The summed E-state index contributed by atoms with van der Waals surface area (Å²) >= 11 is 1.59. The fourth-order valence-electron chi connectivity index (χ4n) is 2.08. The first kappa shape index (κ1) is 15.5. The van der Waals surface area contributed by atoms with Gasteiger partial charge < -0.3 is 15.2 Å². The summed E-state index contributed by atoms with van der Waals surface area (Å²) in [4.78, 5) is 13.3. The van der Waals surface area contributed by atoms with Crippen LogP contribution in [0.15, 0.2) is 41.8 Å². The maximum absolute atomic E-state index is 12.2. The zero-order valence-electron chi connectivity index (χ0n) is 12.1. The molecule has 2 N–H and O–H groups in total. The van der Waals surface area contributed by atoms with Crippen molar-refractivity contribution in [3.63, 3.8) is 0 Å². The average molecular weight is 305 g/mol. The maximum Gasteiger partial charge on any atom is 0.253 e. The van der Waals surface area contributed by atoms with Gasteiger partial charge in [-0.25, -0.2) is 0 Å². The predicted octanol–water partition coefficient (Wildman–Crippen LogP) is 3.06. The van der Waals surface area contributed by atoms with Gasteiger partial charge >= 0.3 is 0 Å². The van der Waals surface area contributed by atoms with Gasteiger partial charge in [-0.3, -0.25) is 4.79 Å². The normalized spacial score (nSPS) is 13.5. The fourth-order valence-corrected chi connectivity index (χ4v) is 2.94. The molecule has 112 valence electrons. The van der Waals surface area contributed by atoms with Gasteiger partial charge in [-0.05, 0) is 35.6 Å². The van der Waals surface area contributed by atoms with Crippen molar-refractivity contribution >= 4 is 17.2 Å². The zero-order chi connectivity index (χ0) is 15.2. The molecule has 2 unspecified atom stereocenters. The first-order valence-corrected chi connectivity index (χ1v) is 7.69. The first-order valence-electron chi connectivity index (χ1n) is 6.81. The molecular formula is C16H19NO3S. The standard InChI is InChI=1S/C16H19NO3S/c1-3-13(14-8-5-9-21-14)17-16(19)15(18)11-6-4-7-12(10-11)20-2/h4-10,13,15,18H,3H2,1-2H3,(H,17,19). The van der Waals surface area contributed by atoms with Gasteiger partial charge in [-0.1, -0.05) is 25.1 Å². The van der Waals surface area contributed by atoms with Crippen LogP contribution in [0, 0.1) is 0 Å². The monoisotopic (exact) mass is 305 g/mol. The lowest BCUT2D eigenvalue weighted by atomic mass is 10.1. The summed E-state index contributed by atoms with van der Waals surface area (Å²) in [6, 6.07) is 10.8. The van der Waals surface area contributed by atoms with Crippen LogP contribution >= 0.6 is 11.3 Å².